The van der Waals surface area contributed by atoms with Crippen LogP contribution in [0.25, 0.3) is 10.2 Å². The molecule has 0 unspecified atom stereocenters. The van der Waals surface area contributed by atoms with Crippen molar-refractivity contribution >= 4 is 39.0 Å². The molecule has 3 aromatic rings. The second-order valence-electron chi connectivity index (χ2n) is 7.35. The van der Waals surface area contributed by atoms with Gasteiger partial charge >= 0.3 is 0 Å². The van der Waals surface area contributed by atoms with Gasteiger partial charge in [0, 0.05) is 19.6 Å². The lowest BCUT2D eigenvalue weighted by Gasteiger charge is -2.29. The highest BCUT2D eigenvalue weighted by Crippen LogP contribution is 2.37. The maximum atomic E-state index is 14.0. The molecule has 1 fully saturated rings. The minimum absolute atomic E-state index is 0.0548. The van der Waals surface area contributed by atoms with Crippen LogP contribution in [0.4, 0.5) is 15.9 Å². The minimum Gasteiger partial charge on any atom is -0.488 e. The number of nitrogens with zero attached hydrogens (tertiary/aromatic N) is 2. The molecular formula is C21H23FN4O3S. The normalized spacial score (nSPS) is 19.0. The molecule has 2 aromatic heterocycles. The number of fused-ring (bicyclic) bond motifs is 1. The summed E-state index contributed by atoms with van der Waals surface area (Å²) < 4.78 is 25.6. The largest absolute Gasteiger partial charge is 0.488 e. The van der Waals surface area contributed by atoms with E-state index in [-0.39, 0.29) is 18.0 Å². The van der Waals surface area contributed by atoms with Crippen molar-refractivity contribution in [3.8, 4) is 5.75 Å². The number of methoxy groups -OCH3 is 1. The first-order valence-electron chi connectivity index (χ1n) is 9.76. The van der Waals surface area contributed by atoms with Crippen molar-refractivity contribution in [2.24, 2.45) is 5.73 Å². The van der Waals surface area contributed by atoms with Crippen LogP contribution in [0, 0.1) is 12.7 Å². The van der Waals surface area contributed by atoms with Gasteiger partial charge in [0.05, 0.1) is 22.1 Å². The van der Waals surface area contributed by atoms with E-state index in [0.29, 0.717) is 37.9 Å². The zero-order valence-corrected chi connectivity index (χ0v) is 17.6. The van der Waals surface area contributed by atoms with E-state index in [2.05, 4.69) is 15.3 Å². The molecule has 4 rings (SSSR count). The topological polar surface area (TPSA) is 99.4 Å². The number of primary amides is 1. The lowest BCUT2D eigenvalue weighted by atomic mass is 9.95. The third-order valence-electron chi connectivity index (χ3n) is 5.35. The molecule has 2 heterocycles. The summed E-state index contributed by atoms with van der Waals surface area (Å²) in [6.45, 7) is 1.81. The van der Waals surface area contributed by atoms with Crippen LogP contribution in [-0.4, -0.2) is 35.2 Å². The van der Waals surface area contributed by atoms with Crippen molar-refractivity contribution in [1.82, 2.24) is 9.97 Å². The maximum absolute atomic E-state index is 14.0. The van der Waals surface area contributed by atoms with Crippen molar-refractivity contribution in [1.29, 1.82) is 0 Å². The first kappa shape index (κ1) is 20.5. The van der Waals surface area contributed by atoms with Crippen molar-refractivity contribution in [2.45, 2.75) is 44.8 Å². The Kier molecular flexibility index (Phi) is 5.83. The van der Waals surface area contributed by atoms with Gasteiger partial charge in [0.25, 0.3) is 5.91 Å². The number of hydrogen-bond donors (Lipinski definition) is 2. The van der Waals surface area contributed by atoms with Gasteiger partial charge in [-0.15, -0.1) is 11.3 Å². The SMILES string of the molecule is CO[C@@H]1CCC[C@H](Oc2cc(F)ccc2Nc2ncnc3sc(C(N)=O)c(C)c23)C1. The van der Waals surface area contributed by atoms with Crippen molar-refractivity contribution < 1.29 is 18.7 Å². The molecule has 0 bridgehead atoms. The molecule has 7 nitrogen and oxygen atoms in total. The minimum atomic E-state index is -0.503. The number of rotatable bonds is 6. The number of halogens is 1. The van der Waals surface area contributed by atoms with Crippen molar-refractivity contribution in [3.05, 3.63) is 40.8 Å². The Labute approximate surface area is 177 Å². The predicted molar refractivity (Wildman–Crippen MR) is 114 cm³/mol. The lowest BCUT2D eigenvalue weighted by molar-refractivity contribution is 0.0211. The summed E-state index contributed by atoms with van der Waals surface area (Å²) in [7, 11) is 1.70. The zero-order valence-electron chi connectivity index (χ0n) is 16.8. The maximum Gasteiger partial charge on any atom is 0.259 e. The number of carbonyl (C=O) groups is 1. The number of nitrogens with two attached hydrogens (primary N) is 1. The highest BCUT2D eigenvalue weighted by Gasteiger charge is 2.24. The van der Waals surface area contributed by atoms with Crippen LogP contribution >= 0.6 is 11.3 Å². The van der Waals surface area contributed by atoms with Gasteiger partial charge in [-0.3, -0.25) is 4.79 Å². The van der Waals surface area contributed by atoms with Gasteiger partial charge in [-0.1, -0.05) is 0 Å². The first-order valence-corrected chi connectivity index (χ1v) is 10.6. The molecule has 1 saturated carbocycles. The number of amides is 1. The van der Waals surface area contributed by atoms with Crippen LogP contribution in [0.2, 0.25) is 0 Å². The fraction of sp³-hybridized carbons (Fsp3) is 0.381. The molecule has 1 amide bonds. The Morgan fingerprint density at radius 3 is 2.87 bits per heavy atom. The molecule has 0 radical (unpaired) electrons. The van der Waals surface area contributed by atoms with Gasteiger partial charge in [0.15, 0.2) is 0 Å². The van der Waals surface area contributed by atoms with E-state index < -0.39 is 5.91 Å². The van der Waals surface area contributed by atoms with E-state index in [1.807, 2.05) is 6.92 Å². The second kappa shape index (κ2) is 8.53. The smallest absolute Gasteiger partial charge is 0.259 e. The molecule has 0 saturated heterocycles. The summed E-state index contributed by atoms with van der Waals surface area (Å²) in [6, 6.07) is 4.35. The average molecular weight is 431 g/mol. The standard InChI is InChI=1S/C21H23FN4O3S/c1-11-17-20(24-10-25-21(17)30-18(11)19(23)27)26-15-7-6-12(22)8-16(15)29-14-5-3-4-13(9-14)28-2/h6-8,10,13-14H,3-5,9H2,1-2H3,(H2,23,27)(H,24,25,26)/t13-,14+/m1/s1. The highest BCUT2D eigenvalue weighted by atomic mass is 32.1. The van der Waals surface area contributed by atoms with Crippen molar-refractivity contribution in [2.75, 3.05) is 12.4 Å². The fourth-order valence-electron chi connectivity index (χ4n) is 3.83. The molecule has 0 spiro atoms. The number of anilines is 2. The molecule has 0 aliphatic heterocycles. The van der Waals surface area contributed by atoms with Crippen LogP contribution in [0.1, 0.15) is 40.9 Å². The van der Waals surface area contributed by atoms with E-state index in [1.165, 1.54) is 29.8 Å². The van der Waals surface area contributed by atoms with Gasteiger partial charge in [-0.2, -0.15) is 0 Å². The van der Waals surface area contributed by atoms with E-state index in [1.54, 1.807) is 13.2 Å². The van der Waals surface area contributed by atoms with Crippen LogP contribution < -0.4 is 15.8 Å². The van der Waals surface area contributed by atoms with E-state index in [4.69, 9.17) is 15.2 Å². The summed E-state index contributed by atoms with van der Waals surface area (Å²) in [5.41, 5.74) is 6.78. The van der Waals surface area contributed by atoms with Crippen LogP contribution in [0.5, 0.6) is 5.75 Å². The van der Waals surface area contributed by atoms with Gasteiger partial charge in [-0.05, 0) is 43.9 Å². The quantitative estimate of drug-likeness (QED) is 0.604. The molecule has 1 aromatic carbocycles. The monoisotopic (exact) mass is 430 g/mol. The molecule has 158 valence electrons. The molecular weight excluding hydrogens is 407 g/mol. The summed E-state index contributed by atoms with van der Waals surface area (Å²) in [6.07, 6.45) is 5.16. The van der Waals surface area contributed by atoms with E-state index in [9.17, 15) is 9.18 Å². The molecule has 1 aliphatic rings. The Morgan fingerprint density at radius 2 is 2.10 bits per heavy atom. The van der Waals surface area contributed by atoms with Gasteiger partial charge in [0.1, 0.15) is 34.6 Å². The molecule has 3 N–H and O–H groups in total. The van der Waals surface area contributed by atoms with Crippen molar-refractivity contribution in [3.63, 3.8) is 0 Å². The van der Waals surface area contributed by atoms with Gasteiger partial charge < -0.3 is 20.5 Å². The third kappa shape index (κ3) is 4.08. The first-order chi connectivity index (χ1) is 14.5. The number of benzene rings is 1. The average Bonchev–Trinajstić information content (AvgIpc) is 3.08. The van der Waals surface area contributed by atoms with Crippen LogP contribution in [0.15, 0.2) is 24.5 Å². The number of nitrogens with one attached hydrogen (secondary N) is 1. The second-order valence-corrected chi connectivity index (χ2v) is 8.35. The fourth-order valence-corrected chi connectivity index (χ4v) is 4.83. The van der Waals surface area contributed by atoms with Gasteiger partial charge in [0.2, 0.25) is 0 Å². The Morgan fingerprint density at radius 1 is 1.30 bits per heavy atom. The summed E-state index contributed by atoms with van der Waals surface area (Å²) >= 11 is 1.22. The number of aryl methyl sites for hydroxylation is 1. The summed E-state index contributed by atoms with van der Waals surface area (Å²) in [4.78, 5) is 21.4. The van der Waals surface area contributed by atoms with Gasteiger partial charge in [-0.25, -0.2) is 14.4 Å². The number of thiophene rings is 1. The third-order valence-corrected chi connectivity index (χ3v) is 6.57. The number of hydrogen-bond acceptors (Lipinski definition) is 7. The Balaban J connectivity index is 1.66. The van der Waals surface area contributed by atoms with E-state index in [0.717, 1.165) is 25.7 Å². The molecule has 30 heavy (non-hydrogen) atoms. The zero-order chi connectivity index (χ0) is 21.3. The highest BCUT2D eigenvalue weighted by molar-refractivity contribution is 7.20. The molecule has 1 aliphatic carbocycles. The molecule has 9 heteroatoms. The Hall–Kier alpha value is -2.78. The van der Waals surface area contributed by atoms with E-state index >= 15 is 0 Å². The molecule has 2 atom stereocenters. The lowest BCUT2D eigenvalue weighted by Crippen LogP contribution is -2.29. The number of carbonyl (C=O) groups excluding carboxylic acids is 1. The number of aromatic nitrogens is 2. The summed E-state index contributed by atoms with van der Waals surface area (Å²) in [5, 5.41) is 3.94. The summed E-state index contributed by atoms with van der Waals surface area (Å²) in [5.74, 6) is 0.0325. The van der Waals surface area contributed by atoms with Crippen LogP contribution in [-0.2, 0) is 4.74 Å². The van der Waals surface area contributed by atoms with Crippen LogP contribution in [0.3, 0.4) is 0 Å². The Bertz CT molecular complexity index is 1090. The predicted octanol–water partition coefficient (Wildman–Crippen LogP) is 4.32. The number of ether oxygens (including phenoxy) is 2.